The predicted octanol–water partition coefficient (Wildman–Crippen LogP) is 5.35. The van der Waals surface area contributed by atoms with Crippen molar-refractivity contribution >= 4 is 46.0 Å². The first-order valence-corrected chi connectivity index (χ1v) is 10.6. The monoisotopic (exact) mass is 415 g/mol. The van der Waals surface area contributed by atoms with E-state index in [1.165, 1.54) is 40.0 Å². The number of amides is 3. The lowest BCUT2D eigenvalue weighted by molar-refractivity contribution is 0.102. The fourth-order valence-corrected chi connectivity index (χ4v) is 4.87. The molecule has 0 unspecified atom stereocenters. The fraction of sp³-hybridized carbons (Fsp3) is 0.200. The van der Waals surface area contributed by atoms with Crippen molar-refractivity contribution in [2.24, 2.45) is 0 Å². The number of nitrogens with zero attached hydrogens (tertiary/aromatic N) is 1. The van der Waals surface area contributed by atoms with E-state index < -0.39 is 11.7 Å². The van der Waals surface area contributed by atoms with Gasteiger partial charge in [-0.3, -0.25) is 4.79 Å². The molecule has 0 saturated carbocycles. The molecule has 0 aliphatic carbocycles. The number of anilines is 2. The zero-order chi connectivity index (χ0) is 19.7. The van der Waals surface area contributed by atoms with Crippen molar-refractivity contribution in [1.29, 1.82) is 0 Å². The van der Waals surface area contributed by atoms with Crippen molar-refractivity contribution < 1.29 is 14.0 Å². The smallest absolute Gasteiger partial charge is 0.319 e. The van der Waals surface area contributed by atoms with Crippen LogP contribution in [0.5, 0.6) is 0 Å². The number of benzene rings is 1. The number of nitrogens with one attached hydrogen (secondary N) is 2. The number of thiophene rings is 2. The van der Waals surface area contributed by atoms with E-state index in [0.717, 1.165) is 6.42 Å². The lowest BCUT2D eigenvalue weighted by atomic mass is 10.0. The lowest BCUT2D eigenvalue weighted by Crippen LogP contribution is -2.40. The van der Waals surface area contributed by atoms with Crippen molar-refractivity contribution in [2.45, 2.75) is 19.4 Å². The first-order valence-electron chi connectivity index (χ1n) is 8.80. The van der Waals surface area contributed by atoms with Crippen LogP contribution in [0.1, 0.15) is 33.8 Å². The second kappa shape index (κ2) is 7.73. The van der Waals surface area contributed by atoms with Crippen LogP contribution in [0.2, 0.25) is 0 Å². The van der Waals surface area contributed by atoms with E-state index in [4.69, 9.17) is 0 Å². The van der Waals surface area contributed by atoms with Gasteiger partial charge in [-0.1, -0.05) is 0 Å². The summed E-state index contributed by atoms with van der Waals surface area (Å²) < 4.78 is 14.1. The third kappa shape index (κ3) is 3.65. The first-order chi connectivity index (χ1) is 13.5. The van der Waals surface area contributed by atoms with Crippen LogP contribution in [0.25, 0.3) is 0 Å². The molecular weight excluding hydrogens is 397 g/mol. The summed E-state index contributed by atoms with van der Waals surface area (Å²) in [7, 11) is 0. The van der Waals surface area contributed by atoms with E-state index in [1.807, 2.05) is 12.3 Å². The molecule has 1 aliphatic heterocycles. The third-order valence-corrected chi connectivity index (χ3v) is 6.47. The molecule has 3 heterocycles. The summed E-state index contributed by atoms with van der Waals surface area (Å²) in [6.07, 6.45) is 0.829. The van der Waals surface area contributed by atoms with E-state index in [1.54, 1.807) is 33.1 Å². The lowest BCUT2D eigenvalue weighted by Gasteiger charge is -2.33. The standard InChI is InChI=1S/C20H18FN3O2S2/c1-12-15-6-9-28-18(15)4-7-24(12)20(26)22-14-2-3-16(21)17(10-14)23-19(25)13-5-8-27-11-13/h2-3,5-6,8-12H,4,7H2,1H3,(H,22,26)(H,23,25)/t12-/m1/s1. The summed E-state index contributed by atoms with van der Waals surface area (Å²) in [5.41, 5.74) is 2.10. The molecular formula is C20H18FN3O2S2. The molecule has 144 valence electrons. The van der Waals surface area contributed by atoms with Crippen molar-refractivity contribution in [2.75, 3.05) is 17.2 Å². The van der Waals surface area contributed by atoms with Gasteiger partial charge in [-0.15, -0.1) is 11.3 Å². The molecule has 1 aliphatic rings. The molecule has 2 N–H and O–H groups in total. The molecule has 3 aromatic rings. The topological polar surface area (TPSA) is 61.4 Å². The van der Waals surface area contributed by atoms with Gasteiger partial charge in [-0.05, 0) is 60.0 Å². The van der Waals surface area contributed by atoms with Gasteiger partial charge in [0.2, 0.25) is 0 Å². The summed E-state index contributed by atoms with van der Waals surface area (Å²) in [4.78, 5) is 28.0. The average molecular weight is 416 g/mol. The maximum absolute atomic E-state index is 14.1. The zero-order valence-electron chi connectivity index (χ0n) is 15.1. The van der Waals surface area contributed by atoms with Gasteiger partial charge in [0.25, 0.3) is 5.91 Å². The predicted molar refractivity (Wildman–Crippen MR) is 111 cm³/mol. The molecule has 1 atom stereocenters. The Kier molecular flexibility index (Phi) is 5.15. The highest BCUT2D eigenvalue weighted by Gasteiger charge is 2.28. The second-order valence-electron chi connectivity index (χ2n) is 6.51. The van der Waals surface area contributed by atoms with Gasteiger partial charge in [0.15, 0.2) is 0 Å². The number of rotatable bonds is 3. The van der Waals surface area contributed by atoms with Gasteiger partial charge in [0.05, 0.1) is 17.3 Å². The summed E-state index contributed by atoms with van der Waals surface area (Å²) in [6, 6.07) is 7.61. The molecule has 3 amide bonds. The maximum Gasteiger partial charge on any atom is 0.322 e. The van der Waals surface area contributed by atoms with Gasteiger partial charge in [-0.25, -0.2) is 9.18 Å². The van der Waals surface area contributed by atoms with Crippen LogP contribution >= 0.6 is 22.7 Å². The molecule has 1 aromatic carbocycles. The van der Waals surface area contributed by atoms with Crippen LogP contribution in [0, 0.1) is 5.82 Å². The normalized spacial score (nSPS) is 15.8. The number of halogens is 1. The molecule has 0 fully saturated rings. The largest absolute Gasteiger partial charge is 0.322 e. The molecule has 28 heavy (non-hydrogen) atoms. The first kappa shape index (κ1) is 18.6. The Bertz CT molecular complexity index is 1020. The van der Waals surface area contributed by atoms with E-state index in [-0.39, 0.29) is 17.8 Å². The van der Waals surface area contributed by atoms with Crippen molar-refractivity contribution in [1.82, 2.24) is 4.90 Å². The summed E-state index contributed by atoms with van der Waals surface area (Å²) >= 11 is 3.11. The zero-order valence-corrected chi connectivity index (χ0v) is 16.7. The highest BCUT2D eigenvalue weighted by molar-refractivity contribution is 7.10. The molecule has 2 aromatic heterocycles. The summed E-state index contributed by atoms with van der Waals surface area (Å²) in [5, 5.41) is 10.9. The number of hydrogen-bond donors (Lipinski definition) is 2. The molecule has 8 heteroatoms. The minimum absolute atomic E-state index is 0.0202. The van der Waals surface area contributed by atoms with Crippen LogP contribution in [0.4, 0.5) is 20.6 Å². The minimum Gasteiger partial charge on any atom is -0.319 e. The minimum atomic E-state index is -0.559. The van der Waals surface area contributed by atoms with Gasteiger partial charge >= 0.3 is 6.03 Å². The SMILES string of the molecule is C[C@@H]1c2ccsc2CCN1C(=O)Nc1ccc(F)c(NC(=O)c2ccsc2)c1. The van der Waals surface area contributed by atoms with E-state index in [0.29, 0.717) is 17.8 Å². The summed E-state index contributed by atoms with van der Waals surface area (Å²) in [6.45, 7) is 2.63. The van der Waals surface area contributed by atoms with Crippen molar-refractivity contribution in [3.05, 3.63) is 68.3 Å². The van der Waals surface area contributed by atoms with Gasteiger partial charge in [0, 0.05) is 22.5 Å². The average Bonchev–Trinajstić information content (AvgIpc) is 3.36. The van der Waals surface area contributed by atoms with Crippen LogP contribution in [-0.2, 0) is 6.42 Å². The highest BCUT2D eigenvalue weighted by Crippen LogP contribution is 2.33. The Morgan fingerprint density at radius 2 is 2.04 bits per heavy atom. The molecule has 0 bridgehead atoms. The van der Waals surface area contributed by atoms with E-state index in [9.17, 15) is 14.0 Å². The Balaban J connectivity index is 1.48. The van der Waals surface area contributed by atoms with Gasteiger partial charge in [-0.2, -0.15) is 11.3 Å². The molecule has 0 spiro atoms. The Morgan fingerprint density at radius 1 is 1.18 bits per heavy atom. The number of hydrogen-bond acceptors (Lipinski definition) is 4. The van der Waals surface area contributed by atoms with E-state index >= 15 is 0 Å². The third-order valence-electron chi connectivity index (χ3n) is 4.79. The van der Waals surface area contributed by atoms with Gasteiger partial charge in [0.1, 0.15) is 5.82 Å². The number of urea groups is 1. The van der Waals surface area contributed by atoms with Crippen LogP contribution in [-0.4, -0.2) is 23.4 Å². The number of carbonyl (C=O) groups is 2. The summed E-state index contributed by atoms with van der Waals surface area (Å²) in [5.74, 6) is -0.950. The quantitative estimate of drug-likeness (QED) is 0.606. The van der Waals surface area contributed by atoms with Crippen LogP contribution in [0.15, 0.2) is 46.5 Å². The van der Waals surface area contributed by atoms with E-state index in [2.05, 4.69) is 16.7 Å². The Hall–Kier alpha value is -2.71. The molecule has 5 nitrogen and oxygen atoms in total. The van der Waals surface area contributed by atoms with Crippen molar-refractivity contribution in [3.63, 3.8) is 0 Å². The highest BCUT2D eigenvalue weighted by atomic mass is 32.1. The van der Waals surface area contributed by atoms with Crippen molar-refractivity contribution in [3.8, 4) is 0 Å². The molecule has 0 radical (unpaired) electrons. The fourth-order valence-electron chi connectivity index (χ4n) is 3.27. The molecule has 0 saturated heterocycles. The maximum atomic E-state index is 14.1. The Labute approximate surface area is 169 Å². The molecule has 4 rings (SSSR count). The number of fused-ring (bicyclic) bond motifs is 1. The van der Waals surface area contributed by atoms with Crippen LogP contribution in [0.3, 0.4) is 0 Å². The van der Waals surface area contributed by atoms with Gasteiger partial charge < -0.3 is 15.5 Å². The number of carbonyl (C=O) groups excluding carboxylic acids is 2. The van der Waals surface area contributed by atoms with Crippen LogP contribution < -0.4 is 10.6 Å². The second-order valence-corrected chi connectivity index (χ2v) is 8.29. The Morgan fingerprint density at radius 3 is 2.82 bits per heavy atom.